The zero-order valence-corrected chi connectivity index (χ0v) is 8.98. The molecular weight excluding hydrogens is 204 g/mol. The number of hydrogen-bond donors (Lipinski definition) is 1. The number of anilines is 1. The molecule has 0 unspecified atom stereocenters. The number of benzene rings is 1. The smallest absolute Gasteiger partial charge is 0.253 e. The molecule has 1 aromatic carbocycles. The van der Waals surface area contributed by atoms with Gasteiger partial charge in [-0.05, 0) is 37.1 Å². The highest BCUT2D eigenvalue weighted by Crippen LogP contribution is 2.14. The summed E-state index contributed by atoms with van der Waals surface area (Å²) in [7, 11) is 0. The van der Waals surface area contributed by atoms with Crippen LogP contribution in [0, 0.1) is 0 Å². The summed E-state index contributed by atoms with van der Waals surface area (Å²) >= 11 is 0. The number of likely N-dealkylation sites (tertiary alicyclic amines) is 1. The van der Waals surface area contributed by atoms with Crippen LogP contribution >= 0.6 is 0 Å². The van der Waals surface area contributed by atoms with E-state index >= 15 is 0 Å². The predicted molar refractivity (Wildman–Crippen MR) is 61.3 cm³/mol. The first-order chi connectivity index (χ1) is 7.81. The SMILES string of the molecule is O=CNc1ccc(C(=O)N2CCCC2)cc1. The summed E-state index contributed by atoms with van der Waals surface area (Å²) in [5, 5.41) is 2.54. The molecule has 2 amide bonds. The van der Waals surface area contributed by atoms with Gasteiger partial charge >= 0.3 is 0 Å². The Bertz CT molecular complexity index is 381. The fraction of sp³-hybridized carbons (Fsp3) is 0.333. The summed E-state index contributed by atoms with van der Waals surface area (Å²) in [6.07, 6.45) is 2.81. The van der Waals surface area contributed by atoms with Gasteiger partial charge in [0.25, 0.3) is 5.91 Å². The van der Waals surface area contributed by atoms with Gasteiger partial charge in [0.2, 0.25) is 6.41 Å². The predicted octanol–water partition coefficient (Wildman–Crippen LogP) is 1.49. The number of nitrogens with zero attached hydrogens (tertiary/aromatic N) is 1. The van der Waals surface area contributed by atoms with Gasteiger partial charge < -0.3 is 10.2 Å². The lowest BCUT2D eigenvalue weighted by Gasteiger charge is -2.15. The van der Waals surface area contributed by atoms with Gasteiger partial charge in [0.1, 0.15) is 0 Å². The highest BCUT2D eigenvalue weighted by atomic mass is 16.2. The van der Waals surface area contributed by atoms with Gasteiger partial charge in [-0.25, -0.2) is 0 Å². The Morgan fingerprint density at radius 2 is 1.81 bits per heavy atom. The van der Waals surface area contributed by atoms with E-state index in [0.29, 0.717) is 17.7 Å². The summed E-state index contributed by atoms with van der Waals surface area (Å²) in [5.41, 5.74) is 1.38. The number of hydrogen-bond acceptors (Lipinski definition) is 2. The van der Waals surface area contributed by atoms with E-state index in [9.17, 15) is 9.59 Å². The number of amides is 2. The quantitative estimate of drug-likeness (QED) is 0.781. The minimum absolute atomic E-state index is 0.0788. The normalized spacial score (nSPS) is 14.9. The van der Waals surface area contributed by atoms with Gasteiger partial charge in [-0.2, -0.15) is 0 Å². The Balaban J connectivity index is 2.08. The minimum Gasteiger partial charge on any atom is -0.339 e. The molecule has 1 aliphatic rings. The molecule has 0 aromatic heterocycles. The van der Waals surface area contributed by atoms with Crippen molar-refractivity contribution in [3.05, 3.63) is 29.8 Å². The molecule has 1 N–H and O–H groups in total. The monoisotopic (exact) mass is 218 g/mol. The maximum absolute atomic E-state index is 12.0. The second-order valence-corrected chi connectivity index (χ2v) is 3.84. The van der Waals surface area contributed by atoms with Crippen LogP contribution in [0.3, 0.4) is 0 Å². The molecule has 0 atom stereocenters. The lowest BCUT2D eigenvalue weighted by Crippen LogP contribution is -2.27. The van der Waals surface area contributed by atoms with Crippen LogP contribution in [-0.2, 0) is 4.79 Å². The van der Waals surface area contributed by atoms with Gasteiger partial charge in [0, 0.05) is 24.3 Å². The number of carbonyl (C=O) groups is 2. The summed E-state index contributed by atoms with van der Waals surface area (Å²) in [6, 6.07) is 6.95. The standard InChI is InChI=1S/C12H14N2O2/c15-9-13-11-5-3-10(4-6-11)12(16)14-7-1-2-8-14/h3-6,9H,1-2,7-8H2,(H,13,15). The lowest BCUT2D eigenvalue weighted by molar-refractivity contribution is -0.105. The third-order valence-corrected chi connectivity index (χ3v) is 2.75. The molecule has 0 bridgehead atoms. The van der Waals surface area contributed by atoms with Gasteiger partial charge in [-0.15, -0.1) is 0 Å². The van der Waals surface area contributed by atoms with Crippen molar-refractivity contribution in [2.24, 2.45) is 0 Å². The fourth-order valence-corrected chi connectivity index (χ4v) is 1.88. The van der Waals surface area contributed by atoms with Crippen LogP contribution in [0.1, 0.15) is 23.2 Å². The van der Waals surface area contributed by atoms with Crippen molar-refractivity contribution in [2.45, 2.75) is 12.8 Å². The lowest BCUT2D eigenvalue weighted by atomic mass is 10.2. The molecule has 4 nitrogen and oxygen atoms in total. The van der Waals surface area contributed by atoms with Crippen LogP contribution in [-0.4, -0.2) is 30.3 Å². The fourth-order valence-electron chi connectivity index (χ4n) is 1.88. The van der Waals surface area contributed by atoms with Crippen molar-refractivity contribution in [3.8, 4) is 0 Å². The van der Waals surface area contributed by atoms with E-state index in [2.05, 4.69) is 5.32 Å². The molecule has 1 fully saturated rings. The molecule has 0 radical (unpaired) electrons. The summed E-state index contributed by atoms with van der Waals surface area (Å²) in [5.74, 6) is 0.0788. The van der Waals surface area contributed by atoms with Crippen molar-refractivity contribution < 1.29 is 9.59 Å². The third kappa shape index (κ3) is 2.21. The van der Waals surface area contributed by atoms with Crippen LogP contribution in [0.5, 0.6) is 0 Å². The first kappa shape index (κ1) is 10.7. The number of carbonyl (C=O) groups excluding carboxylic acids is 2. The maximum Gasteiger partial charge on any atom is 0.253 e. The summed E-state index contributed by atoms with van der Waals surface area (Å²) in [4.78, 5) is 24.0. The van der Waals surface area contributed by atoms with E-state index < -0.39 is 0 Å². The van der Waals surface area contributed by atoms with Crippen molar-refractivity contribution in [1.82, 2.24) is 4.90 Å². The average Bonchev–Trinajstić information content (AvgIpc) is 2.83. The number of nitrogens with one attached hydrogen (secondary N) is 1. The first-order valence-corrected chi connectivity index (χ1v) is 5.41. The highest BCUT2D eigenvalue weighted by molar-refractivity contribution is 5.94. The van der Waals surface area contributed by atoms with E-state index in [1.807, 2.05) is 4.90 Å². The molecule has 4 heteroatoms. The van der Waals surface area contributed by atoms with Gasteiger partial charge in [-0.1, -0.05) is 0 Å². The number of rotatable bonds is 3. The van der Waals surface area contributed by atoms with Gasteiger partial charge in [0.05, 0.1) is 0 Å². The largest absolute Gasteiger partial charge is 0.339 e. The van der Waals surface area contributed by atoms with Crippen molar-refractivity contribution in [3.63, 3.8) is 0 Å². The molecular formula is C12H14N2O2. The van der Waals surface area contributed by atoms with Crippen LogP contribution in [0.25, 0.3) is 0 Å². The third-order valence-electron chi connectivity index (χ3n) is 2.75. The molecule has 2 rings (SSSR count). The zero-order valence-electron chi connectivity index (χ0n) is 8.98. The molecule has 84 valence electrons. The van der Waals surface area contributed by atoms with E-state index in [4.69, 9.17) is 0 Å². The van der Waals surface area contributed by atoms with E-state index in [1.165, 1.54) is 0 Å². The zero-order chi connectivity index (χ0) is 11.4. The Kier molecular flexibility index (Phi) is 3.19. The van der Waals surface area contributed by atoms with Gasteiger partial charge in [-0.3, -0.25) is 9.59 Å². The molecule has 1 aliphatic heterocycles. The average molecular weight is 218 g/mol. The van der Waals surface area contributed by atoms with Crippen LogP contribution in [0.15, 0.2) is 24.3 Å². The Morgan fingerprint density at radius 3 is 2.38 bits per heavy atom. The van der Waals surface area contributed by atoms with Crippen molar-refractivity contribution >= 4 is 18.0 Å². The molecule has 1 saturated heterocycles. The second kappa shape index (κ2) is 4.79. The van der Waals surface area contributed by atoms with E-state index in [-0.39, 0.29) is 5.91 Å². The first-order valence-electron chi connectivity index (χ1n) is 5.41. The van der Waals surface area contributed by atoms with Crippen LogP contribution < -0.4 is 5.32 Å². The second-order valence-electron chi connectivity index (χ2n) is 3.84. The Morgan fingerprint density at radius 1 is 1.19 bits per heavy atom. The Hall–Kier alpha value is -1.84. The maximum atomic E-state index is 12.0. The van der Waals surface area contributed by atoms with E-state index in [0.717, 1.165) is 25.9 Å². The Labute approximate surface area is 94.2 Å². The molecule has 1 aromatic rings. The minimum atomic E-state index is 0.0788. The van der Waals surface area contributed by atoms with Crippen molar-refractivity contribution in [2.75, 3.05) is 18.4 Å². The van der Waals surface area contributed by atoms with E-state index in [1.54, 1.807) is 24.3 Å². The molecule has 0 saturated carbocycles. The van der Waals surface area contributed by atoms with Gasteiger partial charge in [0.15, 0.2) is 0 Å². The summed E-state index contributed by atoms with van der Waals surface area (Å²) < 4.78 is 0. The molecule has 1 heterocycles. The topological polar surface area (TPSA) is 49.4 Å². The van der Waals surface area contributed by atoms with Crippen molar-refractivity contribution in [1.29, 1.82) is 0 Å². The van der Waals surface area contributed by atoms with Crippen LogP contribution in [0.2, 0.25) is 0 Å². The molecule has 0 aliphatic carbocycles. The summed E-state index contributed by atoms with van der Waals surface area (Å²) in [6.45, 7) is 1.71. The molecule has 16 heavy (non-hydrogen) atoms. The molecule has 0 spiro atoms. The highest BCUT2D eigenvalue weighted by Gasteiger charge is 2.18. The van der Waals surface area contributed by atoms with Crippen LogP contribution in [0.4, 0.5) is 5.69 Å².